The maximum Gasteiger partial charge on any atom is 0.488 e. The van der Waals surface area contributed by atoms with Crippen LogP contribution >= 0.6 is 39.1 Å². The van der Waals surface area contributed by atoms with Crippen molar-refractivity contribution in [2.45, 2.75) is 22.6 Å². The molecule has 14 heteroatoms. The summed E-state index contributed by atoms with van der Waals surface area (Å²) < 4.78 is 5.21. The van der Waals surface area contributed by atoms with Crippen molar-refractivity contribution in [3.05, 3.63) is 65.8 Å². The number of anilines is 1. The summed E-state index contributed by atoms with van der Waals surface area (Å²) in [4.78, 5) is 53.4. The number of methoxy groups -OCH3 is 1. The number of benzene rings is 2. The number of imide groups is 2. The summed E-state index contributed by atoms with van der Waals surface area (Å²) in [5.74, 6) is -5.46. The van der Waals surface area contributed by atoms with Gasteiger partial charge in [-0.3, -0.25) is 29.0 Å². The fraction of sp³-hybridized carbons (Fsp3) is 0.333. The third kappa shape index (κ3) is 4.29. The lowest BCUT2D eigenvalue weighted by Gasteiger charge is -2.49. The smallest absolute Gasteiger partial charge is 0.488 e. The number of carbonyl (C=O) groups is 4. The van der Waals surface area contributed by atoms with Crippen molar-refractivity contribution < 1.29 is 39.1 Å². The van der Waals surface area contributed by atoms with Crippen molar-refractivity contribution in [2.24, 2.45) is 23.7 Å². The quantitative estimate of drug-likeness (QED) is 0.137. The Morgan fingerprint density at radius 2 is 1.82 bits per heavy atom. The lowest BCUT2D eigenvalue weighted by Crippen LogP contribution is -2.60. The number of amides is 4. The normalized spacial score (nSPS) is 31.3. The lowest BCUT2D eigenvalue weighted by molar-refractivity contribution is -0.138. The van der Waals surface area contributed by atoms with Gasteiger partial charge in [0.1, 0.15) is 0 Å². The number of rotatable bonds is 6. The first kappa shape index (κ1) is 30.9. The molecule has 2 aromatic rings. The Morgan fingerprint density at radius 3 is 2.50 bits per heavy atom. The van der Waals surface area contributed by atoms with Crippen molar-refractivity contribution in [1.29, 1.82) is 0 Å². The standard InChI is InChI=1S/C30H26BBrCl2N2O8/c1-44-23-11-15(6-10-22(23)37)5-9-21-18-7-8-19-24(20(18)13-29(33)27(40)35(14-32)28(41)30(21,29)34)26(39)36(25(19)38)17-4-2-3-16(12-17)31(42)43/h2-7,9-12,19-21,24,37,42-43H,8,13-14H2,1H3/t19-,20+,21-,24-,29+,30-/m0/s1. The van der Waals surface area contributed by atoms with Crippen LogP contribution in [0.2, 0.25) is 0 Å². The molecule has 1 saturated carbocycles. The number of phenols is 1. The van der Waals surface area contributed by atoms with Gasteiger partial charge in [0.2, 0.25) is 11.8 Å². The Bertz CT molecular complexity index is 1670. The second-order valence-corrected chi connectivity index (χ2v) is 13.0. The fourth-order valence-electron chi connectivity index (χ4n) is 7.09. The van der Waals surface area contributed by atoms with E-state index < -0.39 is 64.2 Å². The van der Waals surface area contributed by atoms with Crippen LogP contribution in [0, 0.1) is 23.7 Å². The van der Waals surface area contributed by atoms with Crippen molar-refractivity contribution in [3.8, 4) is 11.5 Å². The molecule has 0 bridgehead atoms. The summed E-state index contributed by atoms with van der Waals surface area (Å²) in [7, 11) is -0.384. The minimum absolute atomic E-state index is 0.0606. The number of hydrogen-bond acceptors (Lipinski definition) is 8. The van der Waals surface area contributed by atoms with Gasteiger partial charge in [-0.2, -0.15) is 0 Å². The molecule has 2 aliphatic carbocycles. The molecule has 0 radical (unpaired) electrons. The molecule has 4 aliphatic rings. The Balaban J connectivity index is 1.45. The highest BCUT2D eigenvalue weighted by Crippen LogP contribution is 2.63. The van der Waals surface area contributed by atoms with Crippen molar-refractivity contribution in [3.63, 3.8) is 0 Å². The van der Waals surface area contributed by atoms with Gasteiger partial charge < -0.3 is 19.9 Å². The molecule has 0 aromatic heterocycles. The van der Waals surface area contributed by atoms with Gasteiger partial charge in [-0.05, 0) is 54.1 Å². The summed E-state index contributed by atoms with van der Waals surface area (Å²) in [6, 6.07) is 10.6. The third-order valence-corrected chi connectivity index (χ3v) is 11.1. The van der Waals surface area contributed by atoms with Crippen LogP contribution in [0.1, 0.15) is 18.4 Å². The number of fused-ring (bicyclic) bond motifs is 4. The predicted molar refractivity (Wildman–Crippen MR) is 167 cm³/mol. The van der Waals surface area contributed by atoms with E-state index in [-0.39, 0.29) is 40.9 Å². The largest absolute Gasteiger partial charge is 0.504 e. The predicted octanol–water partition coefficient (Wildman–Crippen LogP) is 2.54. The van der Waals surface area contributed by atoms with E-state index >= 15 is 0 Å². The number of halogens is 3. The van der Waals surface area contributed by atoms with Crippen LogP contribution in [0.15, 0.2) is 60.2 Å². The van der Waals surface area contributed by atoms with E-state index in [1.54, 1.807) is 24.3 Å². The number of likely N-dealkylation sites (tertiary alicyclic amines) is 1. The van der Waals surface area contributed by atoms with Crippen LogP contribution in [0.25, 0.3) is 6.08 Å². The molecule has 44 heavy (non-hydrogen) atoms. The topological polar surface area (TPSA) is 145 Å². The zero-order valence-electron chi connectivity index (χ0n) is 23.2. The minimum atomic E-state index is -1.93. The monoisotopic (exact) mass is 702 g/mol. The first-order valence-electron chi connectivity index (χ1n) is 13.8. The number of aromatic hydroxyl groups is 1. The SMILES string of the molecule is COc1cc(C=C[C@H]2C3=CC[C@@H]4C(=O)N(c5cccc(B(O)O)c5)C(=O)[C@@H]4[C@@H]3C[C@@]3(Cl)C(=O)N(CBr)C(=O)[C@@]23Cl)ccc1O. The number of ether oxygens (including phenoxy) is 1. The van der Waals surface area contributed by atoms with Crippen molar-refractivity contribution in [1.82, 2.24) is 4.90 Å². The molecular formula is C30H26BBrCl2N2O8. The van der Waals surface area contributed by atoms with Gasteiger partial charge in [0.05, 0.1) is 30.1 Å². The van der Waals surface area contributed by atoms with E-state index in [4.69, 9.17) is 27.9 Å². The summed E-state index contributed by atoms with van der Waals surface area (Å²) in [5, 5.41) is 29.3. The van der Waals surface area contributed by atoms with E-state index in [2.05, 4.69) is 15.9 Å². The van der Waals surface area contributed by atoms with E-state index in [9.17, 15) is 34.3 Å². The summed E-state index contributed by atoms with van der Waals surface area (Å²) in [5.41, 5.74) is 1.41. The van der Waals surface area contributed by atoms with Gasteiger partial charge >= 0.3 is 7.12 Å². The van der Waals surface area contributed by atoms with E-state index in [0.717, 1.165) is 9.80 Å². The minimum Gasteiger partial charge on any atom is -0.504 e. The van der Waals surface area contributed by atoms with Crippen LogP contribution in [0.3, 0.4) is 0 Å². The first-order valence-corrected chi connectivity index (χ1v) is 15.7. The highest BCUT2D eigenvalue weighted by Gasteiger charge is 2.75. The highest BCUT2D eigenvalue weighted by atomic mass is 79.9. The van der Waals surface area contributed by atoms with Crippen LogP contribution in [0.4, 0.5) is 5.69 Å². The highest BCUT2D eigenvalue weighted by molar-refractivity contribution is 9.09. The third-order valence-electron chi connectivity index (χ3n) is 9.18. The average molecular weight is 704 g/mol. The van der Waals surface area contributed by atoms with Gasteiger partial charge in [0.15, 0.2) is 21.2 Å². The van der Waals surface area contributed by atoms with Gasteiger partial charge in [-0.25, -0.2) is 0 Å². The van der Waals surface area contributed by atoms with Gasteiger partial charge in [0.25, 0.3) is 11.8 Å². The Labute approximate surface area is 271 Å². The Hall–Kier alpha value is -3.16. The molecule has 6 rings (SSSR count). The Kier molecular flexibility index (Phi) is 7.73. The molecular weight excluding hydrogens is 678 g/mol. The number of allylic oxidation sites excluding steroid dienone is 3. The zero-order chi connectivity index (χ0) is 31.7. The van der Waals surface area contributed by atoms with E-state index in [1.807, 2.05) is 6.08 Å². The first-order chi connectivity index (χ1) is 20.9. The number of hydrogen-bond donors (Lipinski definition) is 3. The summed E-state index contributed by atoms with van der Waals surface area (Å²) in [6.45, 7) is 0. The van der Waals surface area contributed by atoms with Crippen molar-refractivity contribution in [2.75, 3.05) is 17.5 Å². The summed E-state index contributed by atoms with van der Waals surface area (Å²) in [6.07, 6.45) is 5.19. The molecule has 10 nitrogen and oxygen atoms in total. The fourth-order valence-corrected chi connectivity index (χ4v) is 8.47. The zero-order valence-corrected chi connectivity index (χ0v) is 26.3. The van der Waals surface area contributed by atoms with Gasteiger partial charge in [0, 0.05) is 5.92 Å². The molecule has 3 N–H and O–H groups in total. The molecule has 3 fully saturated rings. The molecule has 0 spiro atoms. The second kappa shape index (κ2) is 11.0. The molecule has 2 aliphatic heterocycles. The maximum absolute atomic E-state index is 14.1. The van der Waals surface area contributed by atoms with Crippen LogP contribution in [0.5, 0.6) is 11.5 Å². The second-order valence-electron chi connectivity index (χ2n) is 11.3. The average Bonchev–Trinajstić information content (AvgIpc) is 3.34. The maximum atomic E-state index is 14.1. The number of alkyl halides is 3. The number of nitrogens with zero attached hydrogens (tertiary/aromatic N) is 2. The molecule has 228 valence electrons. The Morgan fingerprint density at radius 1 is 1.07 bits per heavy atom. The molecule has 4 amide bonds. The van der Waals surface area contributed by atoms with Gasteiger partial charge in [-0.1, -0.05) is 57.9 Å². The number of carbonyl (C=O) groups excluding carboxylic acids is 4. The van der Waals surface area contributed by atoms with E-state index in [1.165, 1.54) is 37.4 Å². The van der Waals surface area contributed by atoms with Crippen LogP contribution in [-0.4, -0.2) is 73.1 Å². The van der Waals surface area contributed by atoms with E-state index in [0.29, 0.717) is 11.1 Å². The van der Waals surface area contributed by atoms with Crippen LogP contribution in [-0.2, 0) is 19.2 Å². The number of phenolic OH excluding ortho intramolecular Hbond substituents is 1. The van der Waals surface area contributed by atoms with Gasteiger partial charge in [-0.15, -0.1) is 23.2 Å². The van der Waals surface area contributed by atoms with Crippen LogP contribution < -0.4 is 15.1 Å². The molecule has 0 unspecified atom stereocenters. The molecule has 2 saturated heterocycles. The lowest BCUT2D eigenvalue weighted by atomic mass is 9.57. The summed E-state index contributed by atoms with van der Waals surface area (Å²) >= 11 is 17.6. The van der Waals surface area contributed by atoms with Crippen molar-refractivity contribution >= 4 is 87.1 Å². The molecule has 2 heterocycles. The molecule has 2 aromatic carbocycles. The molecule has 6 atom stereocenters.